The Morgan fingerprint density at radius 1 is 1.35 bits per heavy atom. The fourth-order valence-corrected chi connectivity index (χ4v) is 2.45. The lowest BCUT2D eigenvalue weighted by molar-refractivity contribution is 0.0588. The Morgan fingerprint density at radius 3 is 2.65 bits per heavy atom. The lowest BCUT2D eigenvalue weighted by atomic mass is 10.1. The molecule has 1 aromatic carbocycles. The Labute approximate surface area is 120 Å². The smallest absolute Gasteiger partial charge is 0.254 e. The highest BCUT2D eigenvalue weighted by molar-refractivity contribution is 5.94. The molecule has 0 spiro atoms. The highest BCUT2D eigenvalue weighted by Gasteiger charge is 2.24. The van der Waals surface area contributed by atoms with E-state index >= 15 is 0 Å². The monoisotopic (exact) mass is 277 g/mol. The van der Waals surface area contributed by atoms with E-state index in [0.717, 1.165) is 26.2 Å². The average Bonchev–Trinajstić information content (AvgIpc) is 2.53. The number of carbonyl (C=O) groups is 1. The van der Waals surface area contributed by atoms with Crippen LogP contribution in [0.25, 0.3) is 0 Å². The van der Waals surface area contributed by atoms with Crippen LogP contribution >= 0.6 is 0 Å². The summed E-state index contributed by atoms with van der Waals surface area (Å²) in [6.07, 6.45) is 0. The predicted octanol–water partition coefficient (Wildman–Crippen LogP) is 0.800. The van der Waals surface area contributed by atoms with Crippen LogP contribution in [0.15, 0.2) is 24.3 Å². The van der Waals surface area contributed by atoms with Crippen molar-refractivity contribution in [1.29, 1.82) is 0 Å². The van der Waals surface area contributed by atoms with E-state index in [0.29, 0.717) is 23.9 Å². The van der Waals surface area contributed by atoms with Crippen molar-refractivity contribution < 1.29 is 9.53 Å². The fourth-order valence-electron chi connectivity index (χ4n) is 2.45. The Balaban J connectivity index is 1.97. The van der Waals surface area contributed by atoms with Gasteiger partial charge in [0, 0.05) is 44.3 Å². The minimum atomic E-state index is 0.0731. The van der Waals surface area contributed by atoms with Crippen molar-refractivity contribution >= 4 is 5.91 Å². The summed E-state index contributed by atoms with van der Waals surface area (Å²) in [5.74, 6) is 0.787. The van der Waals surface area contributed by atoms with Crippen LogP contribution < -0.4 is 10.5 Å². The molecular formula is C15H23N3O2. The maximum atomic E-state index is 12.4. The minimum Gasteiger partial charge on any atom is -0.497 e. The zero-order valence-electron chi connectivity index (χ0n) is 12.2. The molecule has 1 heterocycles. The van der Waals surface area contributed by atoms with Gasteiger partial charge in [0.05, 0.1) is 7.11 Å². The second-order valence-electron chi connectivity index (χ2n) is 5.14. The van der Waals surface area contributed by atoms with Crippen molar-refractivity contribution in [1.82, 2.24) is 9.80 Å². The highest BCUT2D eigenvalue weighted by atomic mass is 16.5. The molecule has 0 bridgehead atoms. The number of hydrogen-bond donors (Lipinski definition) is 1. The van der Waals surface area contributed by atoms with Gasteiger partial charge < -0.3 is 15.4 Å². The first-order valence-corrected chi connectivity index (χ1v) is 7.03. The van der Waals surface area contributed by atoms with Gasteiger partial charge in [-0.05, 0) is 25.1 Å². The third kappa shape index (κ3) is 3.29. The number of nitrogens with two attached hydrogens (primary N) is 1. The first kappa shape index (κ1) is 14.8. The summed E-state index contributed by atoms with van der Waals surface area (Å²) in [5.41, 5.74) is 6.37. The van der Waals surface area contributed by atoms with Gasteiger partial charge in [0.25, 0.3) is 5.91 Å². The first-order chi connectivity index (χ1) is 9.65. The van der Waals surface area contributed by atoms with Crippen molar-refractivity contribution in [2.24, 2.45) is 5.73 Å². The van der Waals surface area contributed by atoms with Crippen molar-refractivity contribution in [2.45, 2.75) is 13.0 Å². The largest absolute Gasteiger partial charge is 0.497 e. The molecule has 110 valence electrons. The Bertz CT molecular complexity index is 456. The number of piperazine rings is 1. The van der Waals surface area contributed by atoms with Crippen LogP contribution in [0.5, 0.6) is 5.75 Å². The average molecular weight is 277 g/mol. The highest BCUT2D eigenvalue weighted by Crippen LogP contribution is 2.16. The maximum absolute atomic E-state index is 12.4. The number of benzene rings is 1. The molecule has 20 heavy (non-hydrogen) atoms. The van der Waals surface area contributed by atoms with Crippen LogP contribution in [0.2, 0.25) is 0 Å². The Morgan fingerprint density at radius 2 is 2.05 bits per heavy atom. The number of ether oxygens (including phenoxy) is 1. The molecule has 5 nitrogen and oxygen atoms in total. The fraction of sp³-hybridized carbons (Fsp3) is 0.533. The van der Waals surface area contributed by atoms with E-state index < -0.39 is 0 Å². The molecule has 0 aromatic heterocycles. The predicted molar refractivity (Wildman–Crippen MR) is 79.0 cm³/mol. The van der Waals surface area contributed by atoms with Gasteiger partial charge in [0.1, 0.15) is 5.75 Å². The summed E-state index contributed by atoms with van der Waals surface area (Å²) in [6, 6.07) is 7.69. The van der Waals surface area contributed by atoms with Crippen LogP contribution in [0, 0.1) is 0 Å². The van der Waals surface area contributed by atoms with Gasteiger partial charge in [0.15, 0.2) is 0 Å². The summed E-state index contributed by atoms with van der Waals surface area (Å²) < 4.78 is 5.16. The molecule has 1 aromatic rings. The summed E-state index contributed by atoms with van der Waals surface area (Å²) >= 11 is 0. The molecular weight excluding hydrogens is 254 g/mol. The molecule has 1 amide bonds. The maximum Gasteiger partial charge on any atom is 0.254 e. The third-order valence-corrected chi connectivity index (χ3v) is 3.88. The van der Waals surface area contributed by atoms with Crippen molar-refractivity contribution in [3.05, 3.63) is 29.8 Å². The molecule has 1 saturated heterocycles. The van der Waals surface area contributed by atoms with Crippen LogP contribution in [-0.4, -0.2) is 61.6 Å². The first-order valence-electron chi connectivity index (χ1n) is 7.03. The molecule has 1 aliphatic heterocycles. The molecule has 5 heteroatoms. The summed E-state index contributed by atoms with van der Waals surface area (Å²) in [7, 11) is 1.61. The molecule has 1 fully saturated rings. The summed E-state index contributed by atoms with van der Waals surface area (Å²) in [6.45, 7) is 6.05. The molecule has 2 rings (SSSR count). The van der Waals surface area contributed by atoms with E-state index in [1.165, 1.54) is 0 Å². The topological polar surface area (TPSA) is 58.8 Å². The molecule has 1 atom stereocenters. The lowest BCUT2D eigenvalue weighted by Gasteiger charge is -2.37. The molecule has 1 unspecified atom stereocenters. The molecule has 0 saturated carbocycles. The number of carbonyl (C=O) groups excluding carboxylic acids is 1. The number of nitrogens with zero attached hydrogens (tertiary/aromatic N) is 2. The summed E-state index contributed by atoms with van der Waals surface area (Å²) in [5, 5.41) is 0. The molecule has 0 aliphatic carbocycles. The third-order valence-electron chi connectivity index (χ3n) is 3.88. The Hall–Kier alpha value is -1.59. The van der Waals surface area contributed by atoms with Crippen molar-refractivity contribution in [3.63, 3.8) is 0 Å². The van der Waals surface area contributed by atoms with Gasteiger partial charge in [-0.3, -0.25) is 9.69 Å². The number of amides is 1. The van der Waals surface area contributed by atoms with Gasteiger partial charge in [-0.1, -0.05) is 6.07 Å². The van der Waals surface area contributed by atoms with Crippen molar-refractivity contribution in [2.75, 3.05) is 39.8 Å². The van der Waals surface area contributed by atoms with Gasteiger partial charge >= 0.3 is 0 Å². The lowest BCUT2D eigenvalue weighted by Crippen LogP contribution is -2.52. The second kappa shape index (κ2) is 6.72. The SMILES string of the molecule is COc1cccc(C(=O)N2CCN(C(C)CN)CC2)c1. The van der Waals surface area contributed by atoms with Crippen molar-refractivity contribution in [3.8, 4) is 5.75 Å². The number of rotatable bonds is 4. The van der Waals surface area contributed by atoms with E-state index in [1.807, 2.05) is 23.1 Å². The zero-order chi connectivity index (χ0) is 14.5. The second-order valence-corrected chi connectivity index (χ2v) is 5.14. The molecule has 1 aliphatic rings. The van der Waals surface area contributed by atoms with Gasteiger partial charge in [0.2, 0.25) is 0 Å². The van der Waals surface area contributed by atoms with E-state index in [1.54, 1.807) is 13.2 Å². The standard InChI is InChI=1S/C15H23N3O2/c1-12(11-16)17-6-8-18(9-7-17)15(19)13-4-3-5-14(10-13)20-2/h3-5,10,12H,6-9,11,16H2,1-2H3. The van der Waals surface area contributed by atoms with E-state index in [2.05, 4.69) is 11.8 Å². The summed E-state index contributed by atoms with van der Waals surface area (Å²) in [4.78, 5) is 16.7. The van der Waals surface area contributed by atoms with Gasteiger partial charge in [-0.15, -0.1) is 0 Å². The molecule has 2 N–H and O–H groups in total. The van der Waals surface area contributed by atoms with Crippen LogP contribution in [0.4, 0.5) is 0 Å². The zero-order valence-corrected chi connectivity index (χ0v) is 12.2. The van der Waals surface area contributed by atoms with Gasteiger partial charge in [-0.25, -0.2) is 0 Å². The number of hydrogen-bond acceptors (Lipinski definition) is 4. The number of methoxy groups -OCH3 is 1. The molecule has 0 radical (unpaired) electrons. The van der Waals surface area contributed by atoms with Crippen LogP contribution in [0.1, 0.15) is 17.3 Å². The van der Waals surface area contributed by atoms with E-state index in [-0.39, 0.29) is 5.91 Å². The minimum absolute atomic E-state index is 0.0731. The van der Waals surface area contributed by atoms with Crippen LogP contribution in [-0.2, 0) is 0 Å². The Kier molecular flexibility index (Phi) is 4.98. The normalized spacial score (nSPS) is 17.9. The van der Waals surface area contributed by atoms with Crippen LogP contribution in [0.3, 0.4) is 0 Å². The van der Waals surface area contributed by atoms with E-state index in [9.17, 15) is 4.79 Å². The quantitative estimate of drug-likeness (QED) is 0.884. The van der Waals surface area contributed by atoms with E-state index in [4.69, 9.17) is 10.5 Å². The van der Waals surface area contributed by atoms with Gasteiger partial charge in [-0.2, -0.15) is 0 Å².